The Balaban J connectivity index is -0.000000195. The van der Waals surface area contributed by atoms with Crippen LogP contribution < -0.4 is 0 Å². The summed E-state index contributed by atoms with van der Waals surface area (Å²) in [5.74, 6) is -2.50. The van der Waals surface area contributed by atoms with Gasteiger partial charge in [-0.15, -0.1) is 0 Å². The van der Waals surface area contributed by atoms with Crippen LogP contribution in [-0.4, -0.2) is 44.9 Å². The lowest BCUT2D eigenvalue weighted by molar-refractivity contribution is -0.135. The van der Waals surface area contributed by atoms with Crippen molar-refractivity contribution in [2.45, 2.75) is 74.1 Å². The van der Waals surface area contributed by atoms with Crippen molar-refractivity contribution in [3.05, 3.63) is 34.9 Å². The predicted octanol–water partition coefficient (Wildman–Crippen LogP) is 4.67. The van der Waals surface area contributed by atoms with E-state index in [-0.39, 0.29) is 6.61 Å². The maximum absolute atomic E-state index is 9.00. The molecule has 0 aromatic carbocycles. The van der Waals surface area contributed by atoms with Crippen LogP contribution in [0.15, 0.2) is 34.9 Å². The van der Waals surface area contributed by atoms with Crippen LogP contribution in [0.5, 0.6) is 0 Å². The second-order valence-electron chi connectivity index (χ2n) is 6.20. The molecule has 28 heavy (non-hydrogen) atoms. The lowest BCUT2D eigenvalue weighted by atomic mass is 10.1. The van der Waals surface area contributed by atoms with Crippen LogP contribution in [0.4, 0.5) is 0 Å². The van der Waals surface area contributed by atoms with Crippen LogP contribution in [0.1, 0.15) is 74.1 Å². The van der Waals surface area contributed by atoms with E-state index >= 15 is 0 Å². The van der Waals surface area contributed by atoms with Crippen LogP contribution in [0.25, 0.3) is 0 Å². The molecule has 0 aliphatic rings. The molecule has 7 heteroatoms. The Morgan fingerprint density at radius 3 is 1.18 bits per heavy atom. The van der Waals surface area contributed by atoms with Crippen molar-refractivity contribution in [3.8, 4) is 0 Å². The molecule has 0 aliphatic heterocycles. The van der Waals surface area contributed by atoms with E-state index in [9.17, 15) is 0 Å². The lowest BCUT2D eigenvalue weighted by Crippen LogP contribution is -1.82. The van der Waals surface area contributed by atoms with Crippen LogP contribution in [0, 0.1) is 0 Å². The molecule has 0 aliphatic carbocycles. The Morgan fingerprint density at radius 1 is 0.607 bits per heavy atom. The summed E-state index contributed by atoms with van der Waals surface area (Å²) in [5.41, 5.74) is 4.14. The van der Waals surface area contributed by atoms with Gasteiger partial charge in [-0.1, -0.05) is 34.9 Å². The van der Waals surface area contributed by atoms with E-state index in [1.807, 2.05) is 6.08 Å². The number of hydrogen-bond donors (Lipinski definition) is 4. The quantitative estimate of drug-likeness (QED) is 0.455. The summed E-state index contributed by atoms with van der Waals surface area (Å²) in [5, 5.41) is 31.0. The van der Waals surface area contributed by atoms with Gasteiger partial charge in [-0.25, -0.2) is 0 Å². The van der Waals surface area contributed by atoms with Crippen molar-refractivity contribution in [1.82, 2.24) is 0 Å². The summed E-state index contributed by atoms with van der Waals surface area (Å²) in [6.07, 6.45) is 10.9. The Morgan fingerprint density at radius 2 is 0.893 bits per heavy atom. The van der Waals surface area contributed by atoms with Crippen molar-refractivity contribution in [3.63, 3.8) is 0 Å². The molecule has 4 N–H and O–H groups in total. The zero-order valence-electron chi connectivity index (χ0n) is 18.3. The third kappa shape index (κ3) is 75.9. The van der Waals surface area contributed by atoms with Gasteiger partial charge in [-0.3, -0.25) is 14.4 Å². The Bertz CT molecular complexity index is 470. The molecule has 0 heterocycles. The molecule has 0 unspecified atom stereocenters. The Labute approximate surface area is 169 Å². The van der Waals surface area contributed by atoms with Gasteiger partial charge >= 0.3 is 0 Å². The topological polar surface area (TPSA) is 132 Å². The third-order valence-electron chi connectivity index (χ3n) is 2.56. The van der Waals surface area contributed by atoms with Crippen LogP contribution in [0.3, 0.4) is 0 Å². The van der Waals surface area contributed by atoms with Gasteiger partial charge in [0.05, 0.1) is 6.61 Å². The third-order valence-corrected chi connectivity index (χ3v) is 2.56. The maximum atomic E-state index is 9.00. The van der Waals surface area contributed by atoms with Crippen molar-refractivity contribution in [1.29, 1.82) is 0 Å². The van der Waals surface area contributed by atoms with Crippen molar-refractivity contribution >= 4 is 17.9 Å². The first kappa shape index (κ1) is 33.2. The number of rotatable bonds is 7. The van der Waals surface area contributed by atoms with Gasteiger partial charge in [-0.2, -0.15) is 0 Å². The minimum absolute atomic E-state index is 0.162. The van der Waals surface area contributed by atoms with Gasteiger partial charge in [0.15, 0.2) is 0 Å². The van der Waals surface area contributed by atoms with Gasteiger partial charge in [0.2, 0.25) is 0 Å². The number of aliphatic hydroxyl groups excluding tert-OH is 1. The van der Waals surface area contributed by atoms with Gasteiger partial charge in [-0.05, 0) is 53.4 Å². The highest BCUT2D eigenvalue weighted by molar-refractivity contribution is 5.63. The highest BCUT2D eigenvalue weighted by atomic mass is 16.4. The molecule has 0 saturated heterocycles. The van der Waals surface area contributed by atoms with Crippen LogP contribution in [0.2, 0.25) is 0 Å². The fraction of sp³-hybridized carbons (Fsp3) is 0.571. The zero-order valence-corrected chi connectivity index (χ0v) is 18.3. The monoisotopic (exact) mass is 402 g/mol. The van der Waals surface area contributed by atoms with Crippen molar-refractivity contribution < 1.29 is 34.8 Å². The molecule has 0 amide bonds. The zero-order chi connectivity index (χ0) is 23.1. The second kappa shape index (κ2) is 24.6. The molecule has 7 nitrogen and oxygen atoms in total. The van der Waals surface area contributed by atoms with Crippen molar-refractivity contribution in [2.75, 3.05) is 6.61 Å². The predicted molar refractivity (Wildman–Crippen MR) is 112 cm³/mol. The minimum Gasteiger partial charge on any atom is -0.481 e. The normalized spacial score (nSPS) is 10.0. The number of aliphatic hydroxyl groups is 1. The molecule has 0 aromatic heterocycles. The molecule has 0 aromatic rings. The number of hydrogen-bond acceptors (Lipinski definition) is 4. The molecule has 0 fully saturated rings. The average molecular weight is 403 g/mol. The molecule has 0 radical (unpaired) electrons. The molecule has 0 rings (SSSR count). The summed E-state index contributed by atoms with van der Waals surface area (Å²) < 4.78 is 0. The molecule has 0 atom stereocenters. The fourth-order valence-electron chi connectivity index (χ4n) is 1.49. The lowest BCUT2D eigenvalue weighted by Gasteiger charge is -2.00. The van der Waals surface area contributed by atoms with E-state index in [1.165, 1.54) is 16.7 Å². The van der Waals surface area contributed by atoms with E-state index < -0.39 is 17.9 Å². The molecule has 0 bridgehead atoms. The van der Waals surface area contributed by atoms with E-state index in [2.05, 4.69) is 39.8 Å². The van der Waals surface area contributed by atoms with Gasteiger partial charge in [0.1, 0.15) is 0 Å². The first-order chi connectivity index (χ1) is 12.8. The molecular weight excluding hydrogens is 364 g/mol. The molecule has 164 valence electrons. The number of carboxylic acids is 3. The largest absolute Gasteiger partial charge is 0.481 e. The Kier molecular flexibility index (Phi) is 29.2. The summed E-state index contributed by atoms with van der Waals surface area (Å²) in [7, 11) is 0. The molecule has 0 saturated carbocycles. The number of allylic oxidation sites excluding steroid dienone is 5. The standard InChI is InChI=1S/C15H26O.3C2H4O2/c1-13(2)7-5-8-14(3)9-6-10-15(4)11-12-16;3*1-2(3)4/h7,9,11,16H,5-6,8,10,12H2,1-4H3;3*1H3,(H,3,4). The number of aliphatic carboxylic acids is 3. The Hall–Kier alpha value is -2.41. The van der Waals surface area contributed by atoms with E-state index in [0.29, 0.717) is 0 Å². The van der Waals surface area contributed by atoms with Crippen LogP contribution in [-0.2, 0) is 14.4 Å². The smallest absolute Gasteiger partial charge is 0.300 e. The van der Waals surface area contributed by atoms with E-state index in [0.717, 1.165) is 46.5 Å². The summed E-state index contributed by atoms with van der Waals surface area (Å²) >= 11 is 0. The van der Waals surface area contributed by atoms with Gasteiger partial charge in [0.25, 0.3) is 17.9 Å². The first-order valence-electron chi connectivity index (χ1n) is 8.90. The summed E-state index contributed by atoms with van der Waals surface area (Å²) in [6.45, 7) is 12.0. The second-order valence-corrected chi connectivity index (χ2v) is 6.20. The fourth-order valence-corrected chi connectivity index (χ4v) is 1.49. The number of carboxylic acid groups (broad SMARTS) is 3. The van der Waals surface area contributed by atoms with Gasteiger partial charge in [0, 0.05) is 20.8 Å². The van der Waals surface area contributed by atoms with Gasteiger partial charge < -0.3 is 20.4 Å². The SMILES string of the molecule is CC(=O)O.CC(=O)O.CC(=O)O.CC(C)=CCCC(C)=CCCC(C)=CCO. The minimum atomic E-state index is -0.833. The summed E-state index contributed by atoms with van der Waals surface area (Å²) in [6, 6.07) is 0. The average Bonchev–Trinajstić information content (AvgIpc) is 2.45. The first-order valence-corrected chi connectivity index (χ1v) is 8.90. The highest BCUT2D eigenvalue weighted by Crippen LogP contribution is 2.10. The number of carbonyl (C=O) groups is 3. The van der Waals surface area contributed by atoms with Crippen molar-refractivity contribution in [2.24, 2.45) is 0 Å². The molecular formula is C21H38O7. The molecule has 0 spiro atoms. The summed E-state index contributed by atoms with van der Waals surface area (Å²) in [4.78, 5) is 27.0. The maximum Gasteiger partial charge on any atom is 0.300 e. The van der Waals surface area contributed by atoms with E-state index in [4.69, 9.17) is 34.8 Å². The van der Waals surface area contributed by atoms with Crippen LogP contribution >= 0.6 is 0 Å². The highest BCUT2D eigenvalue weighted by Gasteiger charge is 1.91. The van der Waals surface area contributed by atoms with E-state index in [1.54, 1.807) is 0 Å².